The van der Waals surface area contributed by atoms with E-state index in [1.165, 1.54) is 6.07 Å². The number of hydrogen-bond donors (Lipinski definition) is 1. The van der Waals surface area contributed by atoms with E-state index in [0.717, 1.165) is 6.42 Å². The van der Waals surface area contributed by atoms with Gasteiger partial charge in [-0.05, 0) is 25.5 Å². The van der Waals surface area contributed by atoms with Crippen LogP contribution in [0.1, 0.15) is 32.1 Å². The van der Waals surface area contributed by atoms with Crippen LogP contribution in [0.5, 0.6) is 0 Å². The molecule has 0 aliphatic carbocycles. The third-order valence-electron chi connectivity index (χ3n) is 3.18. The van der Waals surface area contributed by atoms with Gasteiger partial charge >= 0.3 is 0 Å². The lowest BCUT2D eigenvalue weighted by Crippen LogP contribution is -2.32. The van der Waals surface area contributed by atoms with Crippen LogP contribution in [0.3, 0.4) is 0 Å². The van der Waals surface area contributed by atoms with Crippen LogP contribution in [0.4, 0.5) is 4.39 Å². The van der Waals surface area contributed by atoms with E-state index < -0.39 is 11.9 Å². The van der Waals surface area contributed by atoms with Crippen LogP contribution < -0.4 is 5.32 Å². The van der Waals surface area contributed by atoms with Gasteiger partial charge in [-0.25, -0.2) is 9.37 Å². The molecule has 0 saturated carbocycles. The number of hydrogen-bond acceptors (Lipinski definition) is 2. The Kier molecular flexibility index (Phi) is 4.60. The van der Waals surface area contributed by atoms with Crippen LogP contribution in [-0.2, 0) is 10.7 Å². The summed E-state index contributed by atoms with van der Waals surface area (Å²) >= 11 is 5.87. The van der Waals surface area contributed by atoms with E-state index in [9.17, 15) is 9.18 Å². The Labute approximate surface area is 121 Å². The molecule has 0 spiro atoms. The second-order valence-electron chi connectivity index (χ2n) is 4.61. The molecule has 0 fully saturated rings. The second-order valence-corrected chi connectivity index (χ2v) is 4.87. The number of nitrogens with one attached hydrogen (secondary N) is 1. The minimum Gasteiger partial charge on any atom is -0.354 e. The quantitative estimate of drug-likeness (QED) is 0.862. The molecule has 0 bridgehead atoms. The van der Waals surface area contributed by atoms with Gasteiger partial charge in [-0.2, -0.15) is 0 Å². The number of benzene rings is 1. The number of nitrogens with zero attached hydrogens (tertiary/aromatic N) is 2. The Balaban J connectivity index is 2.46. The molecule has 1 heterocycles. The average Bonchev–Trinajstić information content (AvgIpc) is 2.83. The third-order valence-corrected chi connectivity index (χ3v) is 3.42. The van der Waals surface area contributed by atoms with Crippen molar-refractivity contribution in [2.45, 2.75) is 32.2 Å². The molecule has 0 aliphatic heterocycles. The standard InChI is InChI=1S/C14H17ClFN3O/c1-3-7-17-14(20)9(2)19-11-6-4-5-10(16)13(11)18-12(19)8-15/h4-6,9H,3,7-8H2,1-2H3,(H,17,20). The van der Waals surface area contributed by atoms with Gasteiger partial charge < -0.3 is 9.88 Å². The van der Waals surface area contributed by atoms with Crippen LogP contribution >= 0.6 is 11.6 Å². The highest BCUT2D eigenvalue weighted by molar-refractivity contribution is 6.17. The summed E-state index contributed by atoms with van der Waals surface area (Å²) in [5.74, 6) is 0.0842. The molecular formula is C14H17ClFN3O. The number of rotatable bonds is 5. The number of imidazole rings is 1. The zero-order valence-corrected chi connectivity index (χ0v) is 12.2. The first-order valence-electron chi connectivity index (χ1n) is 6.59. The molecule has 4 nitrogen and oxygen atoms in total. The zero-order chi connectivity index (χ0) is 14.7. The van der Waals surface area contributed by atoms with Crippen LogP contribution in [0, 0.1) is 5.82 Å². The number of alkyl halides is 1. The summed E-state index contributed by atoms with van der Waals surface area (Å²) in [5, 5.41) is 2.83. The van der Waals surface area contributed by atoms with E-state index in [1.54, 1.807) is 23.6 Å². The summed E-state index contributed by atoms with van der Waals surface area (Å²) in [5.41, 5.74) is 0.832. The van der Waals surface area contributed by atoms with Gasteiger partial charge in [0.25, 0.3) is 0 Å². The molecule has 108 valence electrons. The Hall–Kier alpha value is -1.62. The molecule has 1 amide bonds. The summed E-state index contributed by atoms with van der Waals surface area (Å²) < 4.78 is 15.5. The van der Waals surface area contributed by atoms with Gasteiger partial charge in [-0.3, -0.25) is 4.79 Å². The van der Waals surface area contributed by atoms with Gasteiger partial charge in [0.15, 0.2) is 5.82 Å². The van der Waals surface area contributed by atoms with Crippen molar-refractivity contribution in [2.24, 2.45) is 0 Å². The minimum atomic E-state index is -0.484. The fourth-order valence-electron chi connectivity index (χ4n) is 2.17. The van der Waals surface area contributed by atoms with Crippen LogP contribution in [0.25, 0.3) is 11.0 Å². The molecule has 0 saturated heterocycles. The Morgan fingerprint density at radius 3 is 2.95 bits per heavy atom. The Morgan fingerprint density at radius 2 is 2.30 bits per heavy atom. The molecule has 6 heteroatoms. The molecule has 0 radical (unpaired) electrons. The van der Waals surface area contributed by atoms with Crippen molar-refractivity contribution in [1.82, 2.24) is 14.9 Å². The molecule has 1 atom stereocenters. The summed E-state index contributed by atoms with van der Waals surface area (Å²) in [6, 6.07) is 4.21. The van der Waals surface area contributed by atoms with E-state index in [0.29, 0.717) is 17.9 Å². The normalized spacial score (nSPS) is 12.6. The van der Waals surface area contributed by atoms with E-state index in [-0.39, 0.29) is 17.3 Å². The summed E-state index contributed by atoms with van der Waals surface area (Å²) in [7, 11) is 0. The largest absolute Gasteiger partial charge is 0.354 e. The van der Waals surface area contributed by atoms with Gasteiger partial charge in [0.2, 0.25) is 5.91 Å². The van der Waals surface area contributed by atoms with Crippen molar-refractivity contribution < 1.29 is 9.18 Å². The maximum atomic E-state index is 13.8. The first-order valence-corrected chi connectivity index (χ1v) is 7.12. The van der Waals surface area contributed by atoms with Gasteiger partial charge in [0, 0.05) is 6.54 Å². The predicted octanol–water partition coefficient (Wildman–Crippen LogP) is 3.00. The smallest absolute Gasteiger partial charge is 0.242 e. The van der Waals surface area contributed by atoms with Crippen molar-refractivity contribution in [2.75, 3.05) is 6.54 Å². The van der Waals surface area contributed by atoms with Crippen molar-refractivity contribution >= 4 is 28.5 Å². The van der Waals surface area contributed by atoms with Gasteiger partial charge in [-0.1, -0.05) is 13.0 Å². The molecule has 20 heavy (non-hydrogen) atoms. The van der Waals surface area contributed by atoms with Crippen molar-refractivity contribution in [3.05, 3.63) is 29.8 Å². The number of amides is 1. The van der Waals surface area contributed by atoms with Crippen molar-refractivity contribution in [3.8, 4) is 0 Å². The van der Waals surface area contributed by atoms with Gasteiger partial charge in [0.05, 0.1) is 11.4 Å². The first-order chi connectivity index (χ1) is 9.60. The third kappa shape index (κ3) is 2.63. The molecular weight excluding hydrogens is 281 g/mol. The summed E-state index contributed by atoms with van der Waals surface area (Å²) in [4.78, 5) is 16.3. The molecule has 2 aromatic rings. The highest BCUT2D eigenvalue weighted by Gasteiger charge is 2.21. The molecule has 1 unspecified atom stereocenters. The Morgan fingerprint density at radius 1 is 1.55 bits per heavy atom. The van der Waals surface area contributed by atoms with Crippen LogP contribution in [0.2, 0.25) is 0 Å². The average molecular weight is 298 g/mol. The van der Waals surface area contributed by atoms with Crippen LogP contribution in [-0.4, -0.2) is 22.0 Å². The maximum absolute atomic E-state index is 13.8. The van der Waals surface area contributed by atoms with Crippen molar-refractivity contribution in [1.29, 1.82) is 0 Å². The fourth-order valence-corrected chi connectivity index (χ4v) is 2.36. The number of carbonyl (C=O) groups is 1. The lowest BCUT2D eigenvalue weighted by molar-refractivity contribution is -0.123. The molecule has 2 rings (SSSR count). The number of halogens is 2. The molecule has 1 aromatic heterocycles. The Bertz CT molecular complexity index is 626. The van der Waals surface area contributed by atoms with Gasteiger partial charge in [-0.15, -0.1) is 11.6 Å². The lowest BCUT2D eigenvalue weighted by Gasteiger charge is -2.16. The monoisotopic (exact) mass is 297 g/mol. The van der Waals surface area contributed by atoms with E-state index >= 15 is 0 Å². The lowest BCUT2D eigenvalue weighted by atomic mass is 10.2. The predicted molar refractivity (Wildman–Crippen MR) is 77.3 cm³/mol. The summed E-state index contributed by atoms with van der Waals surface area (Å²) in [6.45, 7) is 4.35. The fraction of sp³-hybridized carbons (Fsp3) is 0.429. The van der Waals surface area contributed by atoms with E-state index in [4.69, 9.17) is 11.6 Å². The topological polar surface area (TPSA) is 46.9 Å². The highest BCUT2D eigenvalue weighted by atomic mass is 35.5. The molecule has 1 aromatic carbocycles. The first kappa shape index (κ1) is 14.8. The number of aromatic nitrogens is 2. The SMILES string of the molecule is CCCNC(=O)C(C)n1c(CCl)nc2c(F)cccc21. The molecule has 1 N–H and O–H groups in total. The maximum Gasteiger partial charge on any atom is 0.242 e. The second kappa shape index (κ2) is 6.22. The number of carbonyl (C=O) groups excluding carboxylic acids is 1. The minimum absolute atomic E-state index is 0.123. The van der Waals surface area contributed by atoms with E-state index in [1.807, 2.05) is 6.92 Å². The number of para-hydroxylation sites is 1. The van der Waals surface area contributed by atoms with E-state index in [2.05, 4.69) is 10.3 Å². The zero-order valence-electron chi connectivity index (χ0n) is 11.5. The van der Waals surface area contributed by atoms with Crippen LogP contribution in [0.15, 0.2) is 18.2 Å². The highest BCUT2D eigenvalue weighted by Crippen LogP contribution is 2.24. The van der Waals surface area contributed by atoms with Crippen molar-refractivity contribution in [3.63, 3.8) is 0 Å². The molecule has 0 aliphatic rings. The van der Waals surface area contributed by atoms with Gasteiger partial charge in [0.1, 0.15) is 17.4 Å². The number of fused-ring (bicyclic) bond motifs is 1. The summed E-state index contributed by atoms with van der Waals surface area (Å²) in [6.07, 6.45) is 0.861.